The number of rotatable bonds is 4. The normalized spacial score (nSPS) is 12.4. The van der Waals surface area contributed by atoms with E-state index in [1.165, 1.54) is 14.7 Å². The summed E-state index contributed by atoms with van der Waals surface area (Å²) in [7, 11) is 1.98. The van der Waals surface area contributed by atoms with Gasteiger partial charge in [0, 0.05) is 14.6 Å². The van der Waals surface area contributed by atoms with Gasteiger partial charge in [0.05, 0.1) is 0 Å². The summed E-state index contributed by atoms with van der Waals surface area (Å²) in [5.41, 5.74) is 3.67. The van der Waals surface area contributed by atoms with E-state index < -0.39 is 0 Å². The van der Waals surface area contributed by atoms with Crippen LogP contribution in [0, 0.1) is 10.5 Å². The molecule has 0 aromatic heterocycles. The number of likely N-dealkylation sites (N-methyl/N-ethyl adjacent to an activating group) is 1. The number of nitrogens with one attached hydrogen (secondary N) is 1. The van der Waals surface area contributed by atoms with E-state index in [1.54, 1.807) is 0 Å². The Morgan fingerprint density at radius 2 is 1.84 bits per heavy atom. The Bertz CT molecular complexity index is 551. The number of hydrogen-bond acceptors (Lipinski definition) is 1. The lowest BCUT2D eigenvalue weighted by Gasteiger charge is -2.18. The van der Waals surface area contributed by atoms with Crippen molar-refractivity contribution in [1.82, 2.24) is 5.32 Å². The molecule has 0 aliphatic heterocycles. The van der Waals surface area contributed by atoms with Crippen molar-refractivity contribution in [3.8, 4) is 0 Å². The topological polar surface area (TPSA) is 12.0 Å². The van der Waals surface area contributed by atoms with Gasteiger partial charge in [0.15, 0.2) is 0 Å². The van der Waals surface area contributed by atoms with E-state index in [4.69, 9.17) is 11.6 Å². The third kappa shape index (κ3) is 3.94. The highest BCUT2D eigenvalue weighted by molar-refractivity contribution is 14.1. The molecule has 0 heterocycles. The second kappa shape index (κ2) is 6.73. The largest absolute Gasteiger partial charge is 0.313 e. The smallest absolute Gasteiger partial charge is 0.0456 e. The van der Waals surface area contributed by atoms with Crippen molar-refractivity contribution in [2.75, 3.05) is 7.05 Å². The van der Waals surface area contributed by atoms with Crippen LogP contribution in [0.2, 0.25) is 5.02 Å². The van der Waals surface area contributed by atoms with Crippen LogP contribution >= 0.6 is 34.2 Å². The lowest BCUT2D eigenvalue weighted by Crippen LogP contribution is -2.19. The van der Waals surface area contributed by atoms with E-state index in [0.29, 0.717) is 0 Å². The van der Waals surface area contributed by atoms with Gasteiger partial charge < -0.3 is 5.32 Å². The van der Waals surface area contributed by atoms with Crippen LogP contribution in [-0.4, -0.2) is 7.05 Å². The minimum Gasteiger partial charge on any atom is -0.313 e. The highest BCUT2D eigenvalue weighted by Gasteiger charge is 2.13. The zero-order chi connectivity index (χ0) is 13.8. The van der Waals surface area contributed by atoms with E-state index in [0.717, 1.165) is 17.0 Å². The Hall–Kier alpha value is -0.580. The summed E-state index contributed by atoms with van der Waals surface area (Å²) in [6, 6.07) is 15.1. The zero-order valence-corrected chi connectivity index (χ0v) is 14.0. The van der Waals surface area contributed by atoms with Gasteiger partial charge >= 0.3 is 0 Å². The first-order valence-corrected chi connectivity index (χ1v) is 7.73. The van der Waals surface area contributed by atoms with E-state index >= 15 is 0 Å². The minimum absolute atomic E-state index is 0.244. The number of hydrogen-bond donors (Lipinski definition) is 1. The highest BCUT2D eigenvalue weighted by atomic mass is 127. The average molecular weight is 386 g/mol. The third-order valence-corrected chi connectivity index (χ3v) is 4.28. The van der Waals surface area contributed by atoms with Crippen LogP contribution in [0.3, 0.4) is 0 Å². The van der Waals surface area contributed by atoms with Gasteiger partial charge in [-0.05, 0) is 77.9 Å². The summed E-state index contributed by atoms with van der Waals surface area (Å²) in [6.45, 7) is 2.06. The van der Waals surface area contributed by atoms with Crippen molar-refractivity contribution >= 4 is 34.2 Å². The maximum absolute atomic E-state index is 6.35. The average Bonchev–Trinajstić information content (AvgIpc) is 2.39. The lowest BCUT2D eigenvalue weighted by molar-refractivity contribution is 0.592. The van der Waals surface area contributed by atoms with Gasteiger partial charge in [0.25, 0.3) is 0 Å². The summed E-state index contributed by atoms with van der Waals surface area (Å²) in [5, 5.41) is 4.19. The molecule has 1 N–H and O–H groups in total. The van der Waals surface area contributed by atoms with Gasteiger partial charge in [0.1, 0.15) is 0 Å². The van der Waals surface area contributed by atoms with Crippen molar-refractivity contribution < 1.29 is 0 Å². The molecular weight excluding hydrogens is 369 g/mol. The fourth-order valence-electron chi connectivity index (χ4n) is 2.14. The van der Waals surface area contributed by atoms with E-state index in [-0.39, 0.29) is 6.04 Å². The lowest BCUT2D eigenvalue weighted by atomic mass is 9.98. The van der Waals surface area contributed by atoms with Gasteiger partial charge in [0.2, 0.25) is 0 Å². The minimum atomic E-state index is 0.244. The molecule has 0 bridgehead atoms. The van der Waals surface area contributed by atoms with Crippen LogP contribution in [0.5, 0.6) is 0 Å². The SMILES string of the molecule is CNC(Cc1ccc(I)cc1)c1ccc(C)cc1Cl. The zero-order valence-electron chi connectivity index (χ0n) is 11.1. The first-order chi connectivity index (χ1) is 9.10. The Kier molecular flexibility index (Phi) is 5.25. The van der Waals surface area contributed by atoms with Crippen molar-refractivity contribution in [1.29, 1.82) is 0 Å². The molecule has 2 rings (SSSR count). The molecule has 0 aliphatic carbocycles. The standard InChI is InChI=1S/C16H17ClIN/c1-11-3-8-14(15(17)9-11)16(19-2)10-12-4-6-13(18)7-5-12/h3-9,16,19H,10H2,1-2H3. The van der Waals surface area contributed by atoms with Gasteiger partial charge in [-0.1, -0.05) is 35.9 Å². The van der Waals surface area contributed by atoms with E-state index in [9.17, 15) is 0 Å². The van der Waals surface area contributed by atoms with E-state index in [2.05, 4.69) is 71.2 Å². The Balaban J connectivity index is 2.22. The Morgan fingerprint density at radius 1 is 1.16 bits per heavy atom. The molecule has 0 radical (unpaired) electrons. The summed E-state index contributed by atoms with van der Waals surface area (Å²) >= 11 is 8.68. The predicted octanol–water partition coefficient (Wildman–Crippen LogP) is 4.76. The van der Waals surface area contributed by atoms with Crippen LogP contribution < -0.4 is 5.32 Å². The molecule has 0 amide bonds. The molecule has 2 aromatic carbocycles. The van der Waals surface area contributed by atoms with Gasteiger partial charge in [-0.25, -0.2) is 0 Å². The molecule has 19 heavy (non-hydrogen) atoms. The highest BCUT2D eigenvalue weighted by Crippen LogP contribution is 2.26. The summed E-state index contributed by atoms with van der Waals surface area (Å²) < 4.78 is 1.26. The third-order valence-electron chi connectivity index (χ3n) is 3.23. The molecule has 0 aliphatic rings. The molecule has 1 unspecified atom stereocenters. The number of halogens is 2. The quantitative estimate of drug-likeness (QED) is 0.749. The second-order valence-electron chi connectivity index (χ2n) is 4.70. The molecule has 3 heteroatoms. The Labute approximate surface area is 133 Å². The number of aryl methyl sites for hydroxylation is 1. The molecule has 0 spiro atoms. The molecular formula is C16H17ClIN. The first kappa shape index (κ1) is 14.8. The van der Waals surface area contributed by atoms with Crippen molar-refractivity contribution in [3.05, 3.63) is 67.7 Å². The van der Waals surface area contributed by atoms with Gasteiger partial charge in [-0.15, -0.1) is 0 Å². The van der Waals surface area contributed by atoms with Crippen molar-refractivity contribution in [2.45, 2.75) is 19.4 Å². The summed E-state index contributed by atoms with van der Waals surface area (Å²) in [6.07, 6.45) is 0.941. The van der Waals surface area contributed by atoms with E-state index in [1.807, 2.05) is 13.1 Å². The molecule has 1 atom stereocenters. The van der Waals surface area contributed by atoms with Crippen molar-refractivity contribution in [3.63, 3.8) is 0 Å². The predicted molar refractivity (Wildman–Crippen MR) is 90.9 cm³/mol. The fourth-order valence-corrected chi connectivity index (χ4v) is 2.86. The monoisotopic (exact) mass is 385 g/mol. The molecule has 0 saturated heterocycles. The fraction of sp³-hybridized carbons (Fsp3) is 0.250. The molecule has 0 fully saturated rings. The Morgan fingerprint density at radius 3 is 2.42 bits per heavy atom. The van der Waals surface area contributed by atoms with Crippen LogP contribution in [0.25, 0.3) is 0 Å². The van der Waals surface area contributed by atoms with Gasteiger partial charge in [-0.3, -0.25) is 0 Å². The van der Waals surface area contributed by atoms with Gasteiger partial charge in [-0.2, -0.15) is 0 Å². The second-order valence-corrected chi connectivity index (χ2v) is 6.35. The first-order valence-electron chi connectivity index (χ1n) is 6.28. The van der Waals surface area contributed by atoms with Crippen LogP contribution in [0.4, 0.5) is 0 Å². The maximum atomic E-state index is 6.35. The van der Waals surface area contributed by atoms with Crippen LogP contribution in [-0.2, 0) is 6.42 Å². The molecule has 1 nitrogen and oxygen atoms in total. The molecule has 2 aromatic rings. The summed E-state index contributed by atoms with van der Waals surface area (Å²) in [4.78, 5) is 0. The maximum Gasteiger partial charge on any atom is 0.0456 e. The molecule has 0 saturated carbocycles. The van der Waals surface area contributed by atoms with Crippen LogP contribution in [0.15, 0.2) is 42.5 Å². The van der Waals surface area contributed by atoms with Crippen molar-refractivity contribution in [2.24, 2.45) is 0 Å². The molecule has 100 valence electrons. The van der Waals surface area contributed by atoms with Crippen LogP contribution in [0.1, 0.15) is 22.7 Å². The summed E-state index contributed by atoms with van der Waals surface area (Å²) in [5.74, 6) is 0. The number of benzene rings is 2.